The van der Waals surface area contributed by atoms with Crippen molar-refractivity contribution < 1.29 is 9.53 Å². The molecule has 3 atom stereocenters. The number of aromatic nitrogens is 3. The highest BCUT2D eigenvalue weighted by molar-refractivity contribution is 7.19. The first-order chi connectivity index (χ1) is 25.7. The van der Waals surface area contributed by atoms with E-state index in [0.29, 0.717) is 54.2 Å². The van der Waals surface area contributed by atoms with Crippen molar-refractivity contribution >= 4 is 33.4 Å². The van der Waals surface area contributed by atoms with Crippen LogP contribution in [-0.4, -0.2) is 39.7 Å². The Kier molecular flexibility index (Phi) is 14.5. The van der Waals surface area contributed by atoms with Crippen molar-refractivity contribution in [1.82, 2.24) is 14.5 Å². The predicted octanol–water partition coefficient (Wildman–Crippen LogP) is 12.2. The number of nitriles is 1. The summed E-state index contributed by atoms with van der Waals surface area (Å²) in [5, 5.41) is 21.5. The van der Waals surface area contributed by atoms with Crippen molar-refractivity contribution in [2.24, 2.45) is 33.4 Å². The molecular weight excluding hydrogens is 691 g/mol. The summed E-state index contributed by atoms with van der Waals surface area (Å²) < 4.78 is 7.76. The van der Waals surface area contributed by atoms with Crippen LogP contribution in [0.3, 0.4) is 0 Å². The van der Waals surface area contributed by atoms with Gasteiger partial charge in [-0.3, -0.25) is 4.79 Å². The molecule has 1 aliphatic heterocycles. The fourth-order valence-electron chi connectivity index (χ4n) is 8.20. The summed E-state index contributed by atoms with van der Waals surface area (Å²) in [6, 6.07) is 11.2. The van der Waals surface area contributed by atoms with E-state index in [1.54, 1.807) is 11.3 Å². The van der Waals surface area contributed by atoms with Crippen molar-refractivity contribution in [3.8, 4) is 6.07 Å². The molecule has 0 radical (unpaired) electrons. The van der Waals surface area contributed by atoms with Crippen LogP contribution < -0.4 is 4.90 Å². The van der Waals surface area contributed by atoms with Gasteiger partial charge in [0.1, 0.15) is 12.2 Å². The molecule has 0 amide bonds. The van der Waals surface area contributed by atoms with Gasteiger partial charge in [0.15, 0.2) is 15.8 Å². The van der Waals surface area contributed by atoms with Gasteiger partial charge in [0.25, 0.3) is 5.95 Å². The summed E-state index contributed by atoms with van der Waals surface area (Å²) in [5.41, 5.74) is 4.97. The lowest BCUT2D eigenvalue weighted by Gasteiger charge is -2.31. The Morgan fingerprint density at radius 3 is 2.41 bits per heavy atom. The van der Waals surface area contributed by atoms with Crippen molar-refractivity contribution in [2.45, 2.75) is 157 Å². The molecule has 1 aromatic carbocycles. The summed E-state index contributed by atoms with van der Waals surface area (Å²) in [5.74, 6) is 3.13. The molecular formula is C44H65N7O2S. The predicted molar refractivity (Wildman–Crippen MR) is 220 cm³/mol. The van der Waals surface area contributed by atoms with Crippen LogP contribution in [0, 0.1) is 41.4 Å². The van der Waals surface area contributed by atoms with Crippen LogP contribution >= 0.6 is 11.3 Å². The molecule has 2 fully saturated rings. The van der Waals surface area contributed by atoms with Gasteiger partial charge < -0.3 is 14.2 Å². The van der Waals surface area contributed by atoms with Gasteiger partial charge in [-0.05, 0) is 72.8 Å². The fraction of sp³-hybridized carbons (Fsp3) is 0.682. The van der Waals surface area contributed by atoms with E-state index in [1.807, 2.05) is 18.4 Å². The average molecular weight is 756 g/mol. The lowest BCUT2D eigenvalue weighted by molar-refractivity contribution is -0.150. The topological polar surface area (TPSA) is 109 Å². The molecule has 5 rings (SSSR count). The van der Waals surface area contributed by atoms with E-state index >= 15 is 0 Å². The van der Waals surface area contributed by atoms with Crippen LogP contribution in [0.1, 0.15) is 166 Å². The normalized spacial score (nSPS) is 19.2. The maximum Gasteiger partial charge on any atom is 0.306 e. The van der Waals surface area contributed by atoms with Crippen molar-refractivity contribution in [3.63, 3.8) is 0 Å². The number of esters is 1. The molecule has 0 bridgehead atoms. The van der Waals surface area contributed by atoms with Crippen LogP contribution in [-0.2, 0) is 16.1 Å². The van der Waals surface area contributed by atoms with E-state index < -0.39 is 0 Å². The minimum Gasteiger partial charge on any atom is -0.462 e. The molecule has 3 unspecified atom stereocenters. The maximum atomic E-state index is 12.2. The molecule has 2 aromatic heterocycles. The van der Waals surface area contributed by atoms with Gasteiger partial charge in [-0.1, -0.05) is 117 Å². The Balaban J connectivity index is 1.40. The minimum atomic E-state index is -0.0967. The molecule has 3 heterocycles. The second kappa shape index (κ2) is 18.8. The van der Waals surface area contributed by atoms with Crippen LogP contribution in [0.4, 0.5) is 16.1 Å². The van der Waals surface area contributed by atoms with Gasteiger partial charge in [0.2, 0.25) is 0 Å². The zero-order valence-electron chi connectivity index (χ0n) is 34.5. The summed E-state index contributed by atoms with van der Waals surface area (Å²) in [4.78, 5) is 24.4. The molecule has 3 aromatic rings. The SMILES string of the molecule is CCCC(=O)OC1CCN(c2nc(C3CCCC(CCC(C)C)C3)c(N=Nc3nc(C#N)c(C)n3Cc3ccc(C(CC(C)(C)C)C(C)C)cc3)s2)CC1. The number of azo groups is 1. The first-order valence-electron chi connectivity index (χ1n) is 20.7. The third-order valence-corrected chi connectivity index (χ3v) is 12.3. The molecule has 10 heteroatoms. The van der Waals surface area contributed by atoms with Crippen LogP contribution in [0.25, 0.3) is 0 Å². The van der Waals surface area contributed by atoms with Gasteiger partial charge in [-0.25, -0.2) is 4.98 Å². The Morgan fingerprint density at radius 1 is 1.06 bits per heavy atom. The second-order valence-electron chi connectivity index (χ2n) is 17.9. The number of piperidine rings is 1. The lowest BCUT2D eigenvalue weighted by Crippen LogP contribution is -2.37. The molecule has 294 valence electrons. The quantitative estimate of drug-likeness (QED) is 0.113. The van der Waals surface area contributed by atoms with Gasteiger partial charge in [-0.15, -0.1) is 10.2 Å². The monoisotopic (exact) mass is 755 g/mol. The van der Waals surface area contributed by atoms with Crippen LogP contribution in [0.15, 0.2) is 34.5 Å². The maximum absolute atomic E-state index is 12.2. The highest BCUT2D eigenvalue weighted by Gasteiger charge is 2.31. The molecule has 9 nitrogen and oxygen atoms in total. The summed E-state index contributed by atoms with van der Waals surface area (Å²) in [6.45, 7) is 22.3. The molecule has 54 heavy (non-hydrogen) atoms. The average Bonchev–Trinajstić information content (AvgIpc) is 3.69. The van der Waals surface area contributed by atoms with Gasteiger partial charge in [-0.2, -0.15) is 10.2 Å². The fourth-order valence-corrected chi connectivity index (χ4v) is 9.23. The zero-order chi connectivity index (χ0) is 39.0. The van der Waals surface area contributed by atoms with E-state index in [2.05, 4.69) is 88.7 Å². The number of hydrogen-bond donors (Lipinski definition) is 0. The van der Waals surface area contributed by atoms with E-state index in [4.69, 9.17) is 19.9 Å². The number of thiazole rings is 1. The molecule has 0 N–H and O–H groups in total. The number of hydrogen-bond acceptors (Lipinski definition) is 9. The number of anilines is 1. The van der Waals surface area contributed by atoms with Crippen molar-refractivity contribution in [1.29, 1.82) is 5.26 Å². The first kappa shape index (κ1) is 41.6. The molecule has 2 aliphatic rings. The summed E-state index contributed by atoms with van der Waals surface area (Å²) in [7, 11) is 0. The van der Waals surface area contributed by atoms with Crippen molar-refractivity contribution in [2.75, 3.05) is 18.0 Å². The number of carbonyl (C=O) groups is 1. The highest BCUT2D eigenvalue weighted by Crippen LogP contribution is 2.46. The van der Waals surface area contributed by atoms with E-state index in [0.717, 1.165) is 78.7 Å². The molecule has 0 spiro atoms. The molecule has 1 aliphatic carbocycles. The summed E-state index contributed by atoms with van der Waals surface area (Å²) in [6.07, 6.45) is 11.2. The standard InChI is InChI=1S/C44H65N7O2S/c1-10-12-39(52)53-36-21-23-50(24-22-36)43-47-40(35-14-11-13-32(25-35)16-15-29(2)3)41(54-43)48-49-42-46-38(27-45)31(6)51(42)28-33-17-19-34(20-18-33)37(30(4)5)26-44(7,8)9/h17-20,29-30,32,35-37H,10-16,21-26,28H2,1-9H3. The molecule has 1 saturated heterocycles. The van der Waals surface area contributed by atoms with Crippen molar-refractivity contribution in [3.05, 3.63) is 52.5 Å². The first-order valence-corrected chi connectivity index (χ1v) is 21.5. The Labute approximate surface area is 329 Å². The number of rotatable bonds is 15. The highest BCUT2D eigenvalue weighted by atomic mass is 32.1. The number of benzene rings is 1. The molecule has 1 saturated carbocycles. The smallest absolute Gasteiger partial charge is 0.306 e. The number of carbonyl (C=O) groups excluding carboxylic acids is 1. The van der Waals surface area contributed by atoms with Gasteiger partial charge >= 0.3 is 5.97 Å². The number of imidazole rings is 1. The third kappa shape index (κ3) is 11.2. The van der Waals surface area contributed by atoms with E-state index in [9.17, 15) is 10.1 Å². The largest absolute Gasteiger partial charge is 0.462 e. The van der Waals surface area contributed by atoms with Crippen LogP contribution in [0.2, 0.25) is 0 Å². The Hall–Kier alpha value is -3.58. The van der Waals surface area contributed by atoms with Gasteiger partial charge in [0.05, 0.1) is 17.9 Å². The number of nitrogens with zero attached hydrogens (tertiary/aromatic N) is 7. The number of ether oxygens (including phenoxy) is 1. The Bertz CT molecular complexity index is 1740. The van der Waals surface area contributed by atoms with Crippen LogP contribution in [0.5, 0.6) is 0 Å². The summed E-state index contributed by atoms with van der Waals surface area (Å²) >= 11 is 1.60. The second-order valence-corrected chi connectivity index (χ2v) is 18.9. The van der Waals surface area contributed by atoms with E-state index in [1.165, 1.54) is 31.2 Å². The Morgan fingerprint density at radius 2 is 1.78 bits per heavy atom. The lowest BCUT2D eigenvalue weighted by atomic mass is 9.76. The minimum absolute atomic E-state index is 0.0355. The van der Waals surface area contributed by atoms with E-state index in [-0.39, 0.29) is 17.5 Å². The zero-order valence-corrected chi connectivity index (χ0v) is 35.3. The third-order valence-electron chi connectivity index (χ3n) is 11.3. The van der Waals surface area contributed by atoms with Gasteiger partial charge in [0, 0.05) is 38.3 Å².